The minimum Gasteiger partial charge on any atom is -0.507 e. The Kier molecular flexibility index (Phi) is 4.40. The fourth-order valence-electron chi connectivity index (χ4n) is 1.82. The normalized spacial score (nSPS) is 11.7. The van der Waals surface area contributed by atoms with Gasteiger partial charge >= 0.3 is 0 Å². The number of allylic oxidation sites excluding steroid dienone is 4. The zero-order valence-electron chi connectivity index (χ0n) is 11.2. The van der Waals surface area contributed by atoms with Crippen molar-refractivity contribution in [3.63, 3.8) is 0 Å². The fraction of sp³-hybridized carbons (Fsp3) is 0. The highest BCUT2D eigenvalue weighted by atomic mass is 16.3. The van der Waals surface area contributed by atoms with Gasteiger partial charge in [-0.15, -0.1) is 0 Å². The molecule has 0 aliphatic rings. The SMILES string of the molecule is C=C(/C=C\C=C(/O)c1ccccc1N)c1ccccc1. The van der Waals surface area contributed by atoms with Crippen LogP contribution in [-0.4, -0.2) is 5.11 Å². The van der Waals surface area contributed by atoms with Gasteiger partial charge in [-0.25, -0.2) is 0 Å². The highest BCUT2D eigenvalue weighted by molar-refractivity contribution is 5.74. The van der Waals surface area contributed by atoms with Crippen LogP contribution in [0.15, 0.2) is 79.4 Å². The standard InChI is InChI=1S/C18H17NO/c1-14(15-9-3-2-4-10-15)8-7-13-18(20)16-11-5-6-12-17(16)19/h2-13,20H,1,19H2/b8-7-,18-13-. The van der Waals surface area contributed by atoms with Gasteiger partial charge in [0.2, 0.25) is 0 Å². The summed E-state index contributed by atoms with van der Waals surface area (Å²) in [5.41, 5.74) is 8.92. The molecule has 2 nitrogen and oxygen atoms in total. The Labute approximate surface area is 119 Å². The van der Waals surface area contributed by atoms with Crippen molar-refractivity contribution in [2.24, 2.45) is 0 Å². The molecule has 2 aromatic rings. The number of para-hydroxylation sites is 1. The highest BCUT2D eigenvalue weighted by Gasteiger charge is 2.01. The molecule has 20 heavy (non-hydrogen) atoms. The third-order valence-electron chi connectivity index (χ3n) is 2.93. The Bertz CT molecular complexity index is 654. The lowest BCUT2D eigenvalue weighted by Gasteiger charge is -2.03. The first-order valence-corrected chi connectivity index (χ1v) is 6.35. The van der Waals surface area contributed by atoms with Crippen LogP contribution in [0.5, 0.6) is 0 Å². The van der Waals surface area contributed by atoms with Gasteiger partial charge in [-0.05, 0) is 29.3 Å². The third kappa shape index (κ3) is 3.39. The third-order valence-corrected chi connectivity index (χ3v) is 2.93. The van der Waals surface area contributed by atoms with Crippen molar-refractivity contribution in [2.75, 3.05) is 5.73 Å². The molecule has 2 heteroatoms. The smallest absolute Gasteiger partial charge is 0.124 e. The molecule has 100 valence electrons. The molecule has 0 aliphatic heterocycles. The van der Waals surface area contributed by atoms with Crippen LogP contribution in [-0.2, 0) is 0 Å². The largest absolute Gasteiger partial charge is 0.507 e. The van der Waals surface area contributed by atoms with E-state index in [9.17, 15) is 5.11 Å². The number of hydrogen-bond donors (Lipinski definition) is 2. The quantitative estimate of drug-likeness (QED) is 0.486. The molecular formula is C18H17NO. The molecule has 0 amide bonds. The Morgan fingerprint density at radius 1 is 1.00 bits per heavy atom. The molecular weight excluding hydrogens is 246 g/mol. The maximum Gasteiger partial charge on any atom is 0.124 e. The first-order valence-electron chi connectivity index (χ1n) is 6.35. The number of rotatable bonds is 4. The average molecular weight is 263 g/mol. The van der Waals surface area contributed by atoms with Gasteiger partial charge < -0.3 is 10.8 Å². The number of aliphatic hydroxyl groups excluding tert-OH is 1. The monoisotopic (exact) mass is 263 g/mol. The van der Waals surface area contributed by atoms with Gasteiger partial charge in [-0.1, -0.05) is 61.2 Å². The van der Waals surface area contributed by atoms with E-state index in [-0.39, 0.29) is 5.76 Å². The molecule has 0 spiro atoms. The van der Waals surface area contributed by atoms with E-state index < -0.39 is 0 Å². The summed E-state index contributed by atoms with van der Waals surface area (Å²) in [4.78, 5) is 0. The van der Waals surface area contributed by atoms with Gasteiger partial charge in [-0.2, -0.15) is 0 Å². The fourth-order valence-corrected chi connectivity index (χ4v) is 1.82. The van der Waals surface area contributed by atoms with E-state index in [4.69, 9.17) is 5.73 Å². The van der Waals surface area contributed by atoms with Crippen molar-refractivity contribution in [2.45, 2.75) is 0 Å². The summed E-state index contributed by atoms with van der Waals surface area (Å²) in [6.07, 6.45) is 5.22. The van der Waals surface area contributed by atoms with Gasteiger partial charge in [0.15, 0.2) is 0 Å². The van der Waals surface area contributed by atoms with Gasteiger partial charge in [0.25, 0.3) is 0 Å². The van der Waals surface area contributed by atoms with E-state index in [1.54, 1.807) is 24.3 Å². The Morgan fingerprint density at radius 3 is 2.35 bits per heavy atom. The zero-order chi connectivity index (χ0) is 14.4. The first kappa shape index (κ1) is 13.7. The minimum absolute atomic E-state index is 0.139. The van der Waals surface area contributed by atoms with Crippen LogP contribution in [0.1, 0.15) is 11.1 Å². The average Bonchev–Trinajstić information content (AvgIpc) is 2.48. The second-order valence-electron chi connectivity index (χ2n) is 4.39. The molecule has 3 N–H and O–H groups in total. The van der Waals surface area contributed by atoms with Crippen molar-refractivity contribution in [1.29, 1.82) is 0 Å². The molecule has 0 aromatic heterocycles. The van der Waals surface area contributed by atoms with E-state index in [2.05, 4.69) is 6.58 Å². The van der Waals surface area contributed by atoms with Crippen LogP contribution in [0.25, 0.3) is 11.3 Å². The molecule has 0 heterocycles. The summed E-state index contributed by atoms with van der Waals surface area (Å²) in [6.45, 7) is 3.99. The number of nitrogens with two attached hydrogens (primary N) is 1. The highest BCUT2D eigenvalue weighted by Crippen LogP contribution is 2.19. The zero-order valence-corrected chi connectivity index (χ0v) is 11.2. The summed E-state index contributed by atoms with van der Waals surface area (Å²) >= 11 is 0. The topological polar surface area (TPSA) is 46.2 Å². The number of benzene rings is 2. The molecule has 2 aromatic carbocycles. The van der Waals surface area contributed by atoms with Crippen LogP contribution >= 0.6 is 0 Å². The van der Waals surface area contributed by atoms with E-state index >= 15 is 0 Å². The Morgan fingerprint density at radius 2 is 1.65 bits per heavy atom. The van der Waals surface area contributed by atoms with Crippen LogP contribution in [0.2, 0.25) is 0 Å². The molecule has 0 radical (unpaired) electrons. The molecule has 2 rings (SSSR count). The number of anilines is 1. The lowest BCUT2D eigenvalue weighted by molar-refractivity contribution is 0.512. The molecule has 0 aliphatic carbocycles. The van der Waals surface area contributed by atoms with Crippen LogP contribution in [0, 0.1) is 0 Å². The van der Waals surface area contributed by atoms with Crippen molar-refractivity contribution < 1.29 is 5.11 Å². The number of aliphatic hydroxyl groups is 1. The van der Waals surface area contributed by atoms with Crippen LogP contribution < -0.4 is 5.73 Å². The van der Waals surface area contributed by atoms with Crippen molar-refractivity contribution in [3.05, 3.63) is 90.5 Å². The van der Waals surface area contributed by atoms with Crippen LogP contribution in [0.3, 0.4) is 0 Å². The Balaban J connectivity index is 2.11. The summed E-state index contributed by atoms with van der Waals surface area (Å²) < 4.78 is 0. The predicted molar refractivity (Wildman–Crippen MR) is 86.1 cm³/mol. The molecule has 0 saturated heterocycles. The van der Waals surface area contributed by atoms with Crippen molar-refractivity contribution in [3.8, 4) is 0 Å². The van der Waals surface area contributed by atoms with Gasteiger partial charge in [0, 0.05) is 11.3 Å². The van der Waals surface area contributed by atoms with E-state index in [0.717, 1.165) is 11.1 Å². The minimum atomic E-state index is 0.139. The summed E-state index contributed by atoms with van der Waals surface area (Å²) in [5.74, 6) is 0.139. The Hall–Kier alpha value is -2.74. The lowest BCUT2D eigenvalue weighted by atomic mass is 10.1. The van der Waals surface area contributed by atoms with Crippen LogP contribution in [0.4, 0.5) is 5.69 Å². The molecule has 0 fully saturated rings. The first-order chi connectivity index (χ1) is 9.68. The van der Waals surface area contributed by atoms with Gasteiger partial charge in [-0.3, -0.25) is 0 Å². The number of nitrogen functional groups attached to an aromatic ring is 1. The maximum absolute atomic E-state index is 9.98. The second kappa shape index (κ2) is 6.43. The summed E-state index contributed by atoms with van der Waals surface area (Å²) in [6, 6.07) is 17.1. The van der Waals surface area contributed by atoms with E-state index in [0.29, 0.717) is 11.3 Å². The predicted octanol–water partition coefficient (Wildman–Crippen LogP) is 4.44. The van der Waals surface area contributed by atoms with Crippen molar-refractivity contribution in [1.82, 2.24) is 0 Å². The second-order valence-corrected chi connectivity index (χ2v) is 4.39. The van der Waals surface area contributed by atoms with Crippen molar-refractivity contribution >= 4 is 17.0 Å². The molecule has 0 unspecified atom stereocenters. The van der Waals surface area contributed by atoms with Gasteiger partial charge in [0.1, 0.15) is 5.76 Å². The molecule has 0 saturated carbocycles. The number of hydrogen-bond acceptors (Lipinski definition) is 2. The van der Waals surface area contributed by atoms with E-state index in [1.807, 2.05) is 48.5 Å². The summed E-state index contributed by atoms with van der Waals surface area (Å²) in [5, 5.41) is 9.98. The van der Waals surface area contributed by atoms with Gasteiger partial charge in [0.05, 0.1) is 0 Å². The molecule has 0 bridgehead atoms. The summed E-state index contributed by atoms with van der Waals surface area (Å²) in [7, 11) is 0. The lowest BCUT2D eigenvalue weighted by Crippen LogP contribution is -1.92. The maximum atomic E-state index is 9.98. The van der Waals surface area contributed by atoms with E-state index in [1.165, 1.54) is 0 Å². The molecule has 0 atom stereocenters.